The molecule has 2 aromatic heterocycles. The highest BCUT2D eigenvalue weighted by Crippen LogP contribution is 2.39. The minimum atomic E-state index is 0.137. The van der Waals surface area contributed by atoms with E-state index in [1.807, 2.05) is 24.4 Å². The van der Waals surface area contributed by atoms with Crippen LogP contribution in [-0.4, -0.2) is 15.1 Å². The number of H-pyrrole nitrogens is 1. The average Bonchev–Trinajstić information content (AvgIpc) is 3.24. The Morgan fingerprint density at radius 1 is 1.21 bits per heavy atom. The summed E-state index contributed by atoms with van der Waals surface area (Å²) in [5.74, 6) is 1.14. The maximum atomic E-state index is 9.74. The van der Waals surface area contributed by atoms with Crippen molar-refractivity contribution in [2.75, 3.05) is 0 Å². The molecule has 0 saturated heterocycles. The summed E-state index contributed by atoms with van der Waals surface area (Å²) in [6.45, 7) is 0. The number of rotatable bonds is 4. The molecule has 1 aliphatic carbocycles. The third kappa shape index (κ3) is 3.01. The van der Waals surface area contributed by atoms with Gasteiger partial charge in [-0.05, 0) is 48.2 Å². The maximum Gasteiger partial charge on any atom is 0.137 e. The van der Waals surface area contributed by atoms with E-state index in [1.54, 1.807) is 6.07 Å². The zero-order valence-corrected chi connectivity index (χ0v) is 14.3. The molecule has 3 aromatic rings. The Kier molecular flexibility index (Phi) is 4.19. The first-order valence-electron chi connectivity index (χ1n) is 8.63. The van der Waals surface area contributed by atoms with Gasteiger partial charge in [0.25, 0.3) is 0 Å². The summed E-state index contributed by atoms with van der Waals surface area (Å²) in [6.07, 6.45) is 8.20. The fourth-order valence-electron chi connectivity index (χ4n) is 3.93. The molecule has 2 heterocycles. The molecular formula is C20H21ClN2O. The number of phenols is 1. The number of fused-ring (bicyclic) bond motifs is 1. The van der Waals surface area contributed by atoms with Crippen LogP contribution in [0.5, 0.6) is 5.75 Å². The average molecular weight is 341 g/mol. The van der Waals surface area contributed by atoms with Gasteiger partial charge in [0, 0.05) is 23.2 Å². The molecule has 1 aromatic carbocycles. The van der Waals surface area contributed by atoms with Gasteiger partial charge in [-0.1, -0.05) is 43.4 Å². The van der Waals surface area contributed by atoms with Gasteiger partial charge in [0.2, 0.25) is 0 Å². The molecule has 1 atom stereocenters. The molecule has 0 radical (unpaired) electrons. The zero-order valence-electron chi connectivity index (χ0n) is 13.5. The molecular weight excluding hydrogens is 320 g/mol. The lowest BCUT2D eigenvalue weighted by Crippen LogP contribution is -2.07. The quantitative estimate of drug-likeness (QED) is 0.646. The van der Waals surface area contributed by atoms with Crippen molar-refractivity contribution in [1.29, 1.82) is 0 Å². The van der Waals surface area contributed by atoms with Crippen molar-refractivity contribution in [3.05, 3.63) is 58.9 Å². The second kappa shape index (κ2) is 6.48. The molecule has 0 spiro atoms. The first kappa shape index (κ1) is 15.5. The highest BCUT2D eigenvalue weighted by atomic mass is 35.5. The first-order valence-corrected chi connectivity index (χ1v) is 9.00. The molecule has 0 amide bonds. The van der Waals surface area contributed by atoms with Crippen molar-refractivity contribution in [3.8, 4) is 5.75 Å². The van der Waals surface area contributed by atoms with E-state index in [0.717, 1.165) is 28.9 Å². The van der Waals surface area contributed by atoms with Crippen LogP contribution in [0.3, 0.4) is 0 Å². The zero-order chi connectivity index (χ0) is 16.5. The monoisotopic (exact) mass is 340 g/mol. The number of hydrogen-bond acceptors (Lipinski definition) is 2. The molecule has 24 heavy (non-hydrogen) atoms. The number of aromatic nitrogens is 2. The maximum absolute atomic E-state index is 9.74. The van der Waals surface area contributed by atoms with Gasteiger partial charge in [-0.25, -0.2) is 4.98 Å². The molecule has 124 valence electrons. The lowest BCUT2D eigenvalue weighted by molar-refractivity contribution is 0.465. The smallest absolute Gasteiger partial charge is 0.137 e. The Morgan fingerprint density at radius 2 is 2.04 bits per heavy atom. The van der Waals surface area contributed by atoms with E-state index in [-0.39, 0.29) is 11.7 Å². The van der Waals surface area contributed by atoms with E-state index in [0.29, 0.717) is 5.02 Å². The van der Waals surface area contributed by atoms with E-state index in [9.17, 15) is 5.11 Å². The normalized spacial score (nSPS) is 16.7. The SMILES string of the molecule is Oc1ccc(C(CC2CCCC2)c2cc3cccnc3[nH]2)cc1Cl. The van der Waals surface area contributed by atoms with Gasteiger partial charge in [-0.2, -0.15) is 0 Å². The molecule has 3 nitrogen and oxygen atoms in total. The lowest BCUT2D eigenvalue weighted by Gasteiger charge is -2.20. The molecule has 2 N–H and O–H groups in total. The van der Waals surface area contributed by atoms with Gasteiger partial charge in [-0.3, -0.25) is 0 Å². The topological polar surface area (TPSA) is 48.9 Å². The second-order valence-electron chi connectivity index (χ2n) is 6.82. The van der Waals surface area contributed by atoms with Gasteiger partial charge in [0.1, 0.15) is 11.4 Å². The Bertz CT molecular complexity index is 819. The van der Waals surface area contributed by atoms with Crippen LogP contribution in [0.1, 0.15) is 49.3 Å². The number of halogens is 1. The second-order valence-corrected chi connectivity index (χ2v) is 7.22. The number of aromatic amines is 1. The minimum Gasteiger partial charge on any atom is -0.506 e. The highest BCUT2D eigenvalue weighted by molar-refractivity contribution is 6.32. The van der Waals surface area contributed by atoms with Crippen LogP contribution in [0.4, 0.5) is 0 Å². The standard InChI is InChI=1S/C20H21ClN2O/c21-17-11-14(7-8-19(17)24)16(10-13-4-1-2-5-13)18-12-15-6-3-9-22-20(15)23-18/h3,6-9,11-13,16,24H,1-2,4-5,10H2,(H,22,23). The summed E-state index contributed by atoms with van der Waals surface area (Å²) in [5, 5.41) is 11.3. The van der Waals surface area contributed by atoms with E-state index in [4.69, 9.17) is 11.6 Å². The van der Waals surface area contributed by atoms with Crippen LogP contribution in [0.2, 0.25) is 5.02 Å². The number of nitrogens with zero attached hydrogens (tertiary/aromatic N) is 1. The summed E-state index contributed by atoms with van der Waals surface area (Å²) < 4.78 is 0. The van der Waals surface area contributed by atoms with Gasteiger partial charge in [0.05, 0.1) is 5.02 Å². The Labute approximate surface area is 146 Å². The summed E-state index contributed by atoms with van der Waals surface area (Å²) >= 11 is 6.17. The fraction of sp³-hybridized carbons (Fsp3) is 0.350. The summed E-state index contributed by atoms with van der Waals surface area (Å²) in [6, 6.07) is 11.8. The summed E-state index contributed by atoms with van der Waals surface area (Å²) in [5.41, 5.74) is 3.25. The van der Waals surface area contributed by atoms with Crippen LogP contribution in [0.15, 0.2) is 42.6 Å². The van der Waals surface area contributed by atoms with Gasteiger partial charge in [0.15, 0.2) is 0 Å². The number of hydrogen-bond donors (Lipinski definition) is 2. The van der Waals surface area contributed by atoms with Crippen molar-refractivity contribution >= 4 is 22.6 Å². The fourth-order valence-corrected chi connectivity index (χ4v) is 4.12. The molecule has 4 rings (SSSR count). The van der Waals surface area contributed by atoms with E-state index < -0.39 is 0 Å². The first-order chi connectivity index (χ1) is 11.7. The van der Waals surface area contributed by atoms with Gasteiger partial charge >= 0.3 is 0 Å². The van der Waals surface area contributed by atoms with E-state index in [1.165, 1.54) is 31.4 Å². The molecule has 1 unspecified atom stereocenters. The molecule has 0 bridgehead atoms. The number of nitrogens with one attached hydrogen (secondary N) is 1. The van der Waals surface area contributed by atoms with Crippen LogP contribution >= 0.6 is 11.6 Å². The van der Waals surface area contributed by atoms with Crippen LogP contribution in [0.25, 0.3) is 11.0 Å². The Balaban J connectivity index is 1.74. The third-order valence-electron chi connectivity index (χ3n) is 5.21. The molecule has 1 saturated carbocycles. The van der Waals surface area contributed by atoms with Crippen LogP contribution in [-0.2, 0) is 0 Å². The summed E-state index contributed by atoms with van der Waals surface area (Å²) in [4.78, 5) is 7.91. The Morgan fingerprint density at radius 3 is 2.79 bits per heavy atom. The molecule has 4 heteroatoms. The van der Waals surface area contributed by atoms with Crippen molar-refractivity contribution in [3.63, 3.8) is 0 Å². The number of phenolic OH excluding ortho intramolecular Hbond substituents is 1. The largest absolute Gasteiger partial charge is 0.506 e. The molecule has 1 aliphatic rings. The van der Waals surface area contributed by atoms with Crippen molar-refractivity contribution in [2.24, 2.45) is 5.92 Å². The Hall–Kier alpha value is -2.00. The van der Waals surface area contributed by atoms with Crippen LogP contribution < -0.4 is 0 Å². The number of benzene rings is 1. The van der Waals surface area contributed by atoms with Crippen molar-refractivity contribution in [2.45, 2.75) is 38.0 Å². The highest BCUT2D eigenvalue weighted by Gasteiger charge is 2.24. The van der Waals surface area contributed by atoms with E-state index in [2.05, 4.69) is 22.1 Å². The summed E-state index contributed by atoms with van der Waals surface area (Å²) in [7, 11) is 0. The number of aromatic hydroxyl groups is 1. The van der Waals surface area contributed by atoms with Crippen LogP contribution in [0, 0.1) is 5.92 Å². The predicted octanol–water partition coefficient (Wildman–Crippen LogP) is 5.63. The lowest BCUT2D eigenvalue weighted by atomic mass is 9.85. The van der Waals surface area contributed by atoms with Crippen molar-refractivity contribution < 1.29 is 5.11 Å². The molecule has 1 fully saturated rings. The number of pyridine rings is 1. The molecule has 0 aliphatic heterocycles. The van der Waals surface area contributed by atoms with E-state index >= 15 is 0 Å². The third-order valence-corrected chi connectivity index (χ3v) is 5.51. The van der Waals surface area contributed by atoms with Gasteiger partial charge in [-0.15, -0.1) is 0 Å². The van der Waals surface area contributed by atoms with Gasteiger partial charge < -0.3 is 10.1 Å². The minimum absolute atomic E-state index is 0.137. The predicted molar refractivity (Wildman–Crippen MR) is 97.6 cm³/mol. The van der Waals surface area contributed by atoms with Crippen molar-refractivity contribution in [1.82, 2.24) is 9.97 Å².